The molecule has 0 bridgehead atoms. The standard InChI is InChI=1S/C17H26N6O2S/c1-4-7-23-17(18-19-20-23)13-21-8-10-22(11-9-21)26(24,25)16-6-5-14(2)15(3)12-16/h5-6,12H,4,7-11,13H2,1-3H3. The fraction of sp³-hybridized carbons (Fsp3) is 0.588. The fourth-order valence-corrected chi connectivity index (χ4v) is 4.58. The van der Waals surface area contributed by atoms with Crippen LogP contribution in [-0.4, -0.2) is 64.0 Å². The first-order chi connectivity index (χ1) is 12.4. The largest absolute Gasteiger partial charge is 0.293 e. The van der Waals surface area contributed by atoms with Gasteiger partial charge in [0.05, 0.1) is 11.4 Å². The van der Waals surface area contributed by atoms with Gasteiger partial charge in [-0.2, -0.15) is 4.31 Å². The third-order valence-electron chi connectivity index (χ3n) is 4.85. The molecule has 1 aromatic carbocycles. The van der Waals surface area contributed by atoms with Crippen molar-refractivity contribution in [2.45, 2.75) is 45.2 Å². The summed E-state index contributed by atoms with van der Waals surface area (Å²) in [6.07, 6.45) is 0.972. The van der Waals surface area contributed by atoms with Crippen molar-refractivity contribution < 1.29 is 8.42 Å². The highest BCUT2D eigenvalue weighted by molar-refractivity contribution is 7.89. The zero-order chi connectivity index (χ0) is 18.7. The molecule has 2 heterocycles. The summed E-state index contributed by atoms with van der Waals surface area (Å²) in [5.41, 5.74) is 2.09. The predicted molar refractivity (Wildman–Crippen MR) is 98.1 cm³/mol. The van der Waals surface area contributed by atoms with Crippen LogP contribution in [0.5, 0.6) is 0 Å². The van der Waals surface area contributed by atoms with Crippen LogP contribution in [0.1, 0.15) is 30.3 Å². The molecule has 0 spiro atoms. The molecule has 1 saturated heterocycles. The number of benzene rings is 1. The summed E-state index contributed by atoms with van der Waals surface area (Å²) >= 11 is 0. The molecule has 0 atom stereocenters. The first kappa shape index (κ1) is 18.9. The maximum absolute atomic E-state index is 12.9. The highest BCUT2D eigenvalue weighted by atomic mass is 32.2. The molecule has 3 rings (SSSR count). The Morgan fingerprint density at radius 2 is 1.81 bits per heavy atom. The normalized spacial score (nSPS) is 16.9. The number of piperazine rings is 1. The fourth-order valence-electron chi connectivity index (χ4n) is 3.07. The van der Waals surface area contributed by atoms with Crippen molar-refractivity contribution in [1.29, 1.82) is 0 Å². The van der Waals surface area contributed by atoms with Gasteiger partial charge in [0.15, 0.2) is 5.82 Å². The van der Waals surface area contributed by atoms with E-state index in [4.69, 9.17) is 0 Å². The van der Waals surface area contributed by atoms with Gasteiger partial charge in [-0.15, -0.1) is 5.10 Å². The molecule has 0 saturated carbocycles. The number of aromatic nitrogens is 4. The lowest BCUT2D eigenvalue weighted by Gasteiger charge is -2.33. The summed E-state index contributed by atoms with van der Waals surface area (Å²) in [5.74, 6) is 0.831. The number of sulfonamides is 1. The number of aryl methyl sites for hydroxylation is 3. The van der Waals surface area contributed by atoms with Crippen LogP contribution in [-0.2, 0) is 23.1 Å². The van der Waals surface area contributed by atoms with Crippen molar-refractivity contribution in [2.75, 3.05) is 26.2 Å². The van der Waals surface area contributed by atoms with Crippen LogP contribution in [0.25, 0.3) is 0 Å². The van der Waals surface area contributed by atoms with Gasteiger partial charge in [-0.05, 0) is 54.0 Å². The van der Waals surface area contributed by atoms with E-state index in [9.17, 15) is 8.42 Å². The average molecular weight is 379 g/mol. The first-order valence-corrected chi connectivity index (χ1v) is 10.4. The average Bonchev–Trinajstić information content (AvgIpc) is 3.05. The van der Waals surface area contributed by atoms with E-state index in [1.165, 1.54) is 0 Å². The molecule has 0 aliphatic carbocycles. The van der Waals surface area contributed by atoms with Crippen molar-refractivity contribution in [3.63, 3.8) is 0 Å². The zero-order valence-electron chi connectivity index (χ0n) is 15.6. The topological polar surface area (TPSA) is 84.2 Å². The Labute approximate surface area is 154 Å². The Bertz CT molecular complexity index is 856. The van der Waals surface area contributed by atoms with E-state index >= 15 is 0 Å². The van der Waals surface area contributed by atoms with Crippen molar-refractivity contribution >= 4 is 10.0 Å². The van der Waals surface area contributed by atoms with Crippen molar-refractivity contribution in [3.8, 4) is 0 Å². The second-order valence-electron chi connectivity index (χ2n) is 6.74. The molecule has 142 valence electrons. The van der Waals surface area contributed by atoms with Gasteiger partial charge >= 0.3 is 0 Å². The Morgan fingerprint density at radius 1 is 1.08 bits per heavy atom. The summed E-state index contributed by atoms with van der Waals surface area (Å²) in [5, 5.41) is 11.8. The Morgan fingerprint density at radius 3 is 2.46 bits per heavy atom. The lowest BCUT2D eigenvalue weighted by Crippen LogP contribution is -2.48. The number of hydrogen-bond donors (Lipinski definition) is 0. The lowest BCUT2D eigenvalue weighted by atomic mass is 10.1. The molecular formula is C17H26N6O2S. The number of tetrazole rings is 1. The van der Waals surface area contributed by atoms with Crippen LogP contribution in [0.4, 0.5) is 0 Å². The third kappa shape index (κ3) is 3.94. The minimum atomic E-state index is -3.44. The molecule has 0 N–H and O–H groups in total. The van der Waals surface area contributed by atoms with Crippen molar-refractivity contribution in [3.05, 3.63) is 35.2 Å². The summed E-state index contributed by atoms with van der Waals surface area (Å²) < 4.78 is 29.2. The van der Waals surface area contributed by atoms with E-state index in [0.29, 0.717) is 37.6 Å². The zero-order valence-corrected chi connectivity index (χ0v) is 16.4. The highest BCUT2D eigenvalue weighted by Crippen LogP contribution is 2.20. The molecule has 9 heteroatoms. The molecule has 1 aliphatic rings. The van der Waals surface area contributed by atoms with E-state index in [1.54, 1.807) is 16.4 Å². The third-order valence-corrected chi connectivity index (χ3v) is 6.75. The van der Waals surface area contributed by atoms with Crippen molar-refractivity contribution in [1.82, 2.24) is 29.4 Å². The number of hydrogen-bond acceptors (Lipinski definition) is 6. The minimum Gasteiger partial charge on any atom is -0.293 e. The second kappa shape index (κ2) is 7.81. The van der Waals surface area contributed by atoms with Crippen LogP contribution in [0.3, 0.4) is 0 Å². The van der Waals surface area contributed by atoms with E-state index in [0.717, 1.165) is 29.9 Å². The van der Waals surface area contributed by atoms with Gasteiger partial charge in [-0.3, -0.25) is 4.90 Å². The Balaban J connectivity index is 1.64. The van der Waals surface area contributed by atoms with E-state index in [1.807, 2.05) is 24.6 Å². The molecule has 0 amide bonds. The van der Waals surface area contributed by atoms with Gasteiger partial charge in [-0.25, -0.2) is 13.1 Å². The summed E-state index contributed by atoms with van der Waals surface area (Å²) in [6, 6.07) is 5.32. The first-order valence-electron chi connectivity index (χ1n) is 8.96. The summed E-state index contributed by atoms with van der Waals surface area (Å²) in [7, 11) is -3.44. The monoisotopic (exact) mass is 378 g/mol. The van der Waals surface area contributed by atoms with E-state index < -0.39 is 10.0 Å². The van der Waals surface area contributed by atoms with Crippen LogP contribution in [0.15, 0.2) is 23.1 Å². The molecule has 2 aromatic rings. The molecule has 26 heavy (non-hydrogen) atoms. The van der Waals surface area contributed by atoms with Gasteiger partial charge in [0.1, 0.15) is 0 Å². The van der Waals surface area contributed by atoms with Crippen molar-refractivity contribution in [2.24, 2.45) is 0 Å². The molecule has 1 aromatic heterocycles. The Hall–Kier alpha value is -1.84. The Kier molecular flexibility index (Phi) is 5.69. The van der Waals surface area contributed by atoms with Gasteiger partial charge in [0.2, 0.25) is 10.0 Å². The molecule has 1 aliphatic heterocycles. The minimum absolute atomic E-state index is 0.376. The molecule has 0 radical (unpaired) electrons. The van der Waals surface area contributed by atoms with E-state index in [2.05, 4.69) is 27.3 Å². The molecular weight excluding hydrogens is 352 g/mol. The van der Waals surface area contributed by atoms with Crippen LogP contribution < -0.4 is 0 Å². The van der Waals surface area contributed by atoms with Gasteiger partial charge in [-0.1, -0.05) is 13.0 Å². The maximum Gasteiger partial charge on any atom is 0.243 e. The highest BCUT2D eigenvalue weighted by Gasteiger charge is 2.29. The molecule has 0 unspecified atom stereocenters. The van der Waals surface area contributed by atoms with Gasteiger partial charge in [0.25, 0.3) is 0 Å². The SMILES string of the molecule is CCCn1nnnc1CN1CCN(S(=O)(=O)c2ccc(C)c(C)c2)CC1. The summed E-state index contributed by atoms with van der Waals surface area (Å²) in [6.45, 7) is 9.74. The number of nitrogens with zero attached hydrogens (tertiary/aromatic N) is 6. The maximum atomic E-state index is 12.9. The summed E-state index contributed by atoms with van der Waals surface area (Å²) in [4.78, 5) is 2.57. The quantitative estimate of drug-likeness (QED) is 0.751. The molecule has 1 fully saturated rings. The lowest BCUT2D eigenvalue weighted by molar-refractivity contribution is 0.175. The van der Waals surface area contributed by atoms with Crippen LogP contribution in [0.2, 0.25) is 0 Å². The second-order valence-corrected chi connectivity index (χ2v) is 8.68. The van der Waals surface area contributed by atoms with Gasteiger partial charge < -0.3 is 0 Å². The van der Waals surface area contributed by atoms with Crippen LogP contribution >= 0.6 is 0 Å². The smallest absolute Gasteiger partial charge is 0.243 e. The van der Waals surface area contributed by atoms with E-state index in [-0.39, 0.29) is 0 Å². The molecule has 8 nitrogen and oxygen atoms in total. The number of rotatable bonds is 6. The predicted octanol–water partition coefficient (Wildman–Crippen LogP) is 1.21. The van der Waals surface area contributed by atoms with Gasteiger partial charge in [0, 0.05) is 32.7 Å². The van der Waals surface area contributed by atoms with Crippen LogP contribution in [0, 0.1) is 13.8 Å².